The number of hydrogen-bond acceptors (Lipinski definition) is 4. The molecule has 106 valence electrons. The van der Waals surface area contributed by atoms with Crippen molar-refractivity contribution in [3.05, 3.63) is 24.3 Å². The van der Waals surface area contributed by atoms with E-state index < -0.39 is 9.84 Å². The van der Waals surface area contributed by atoms with Crippen LogP contribution in [0, 0.1) is 0 Å². The third-order valence-corrected chi connectivity index (χ3v) is 3.49. The fourth-order valence-corrected chi connectivity index (χ4v) is 2.28. The van der Waals surface area contributed by atoms with Crippen LogP contribution in [-0.4, -0.2) is 32.7 Å². The van der Waals surface area contributed by atoms with Gasteiger partial charge in [-0.2, -0.15) is 0 Å². The number of amides is 1. The van der Waals surface area contributed by atoms with Crippen LogP contribution in [0.2, 0.25) is 0 Å². The van der Waals surface area contributed by atoms with Gasteiger partial charge in [-0.25, -0.2) is 8.42 Å². The first-order valence-electron chi connectivity index (χ1n) is 5.93. The second-order valence-electron chi connectivity index (χ2n) is 5.42. The highest BCUT2D eigenvalue weighted by atomic mass is 32.2. The van der Waals surface area contributed by atoms with Gasteiger partial charge in [-0.15, -0.1) is 0 Å². The summed E-state index contributed by atoms with van der Waals surface area (Å²) >= 11 is 0. The van der Waals surface area contributed by atoms with Crippen LogP contribution in [0.4, 0.5) is 5.69 Å². The number of hydrogen-bond donors (Lipinski definition) is 2. The number of rotatable bonds is 4. The average Bonchev–Trinajstić information content (AvgIpc) is 2.25. The smallest absolute Gasteiger partial charge is 0.238 e. The molecule has 5 nitrogen and oxygen atoms in total. The molecule has 0 atom stereocenters. The lowest BCUT2D eigenvalue weighted by molar-refractivity contribution is -0.115. The molecule has 0 bridgehead atoms. The van der Waals surface area contributed by atoms with E-state index in [1.807, 2.05) is 20.8 Å². The van der Waals surface area contributed by atoms with Crippen LogP contribution in [-0.2, 0) is 14.6 Å². The first kappa shape index (κ1) is 15.7. The summed E-state index contributed by atoms with van der Waals surface area (Å²) in [6.45, 7) is 5.97. The van der Waals surface area contributed by atoms with E-state index in [0.717, 1.165) is 6.26 Å². The van der Waals surface area contributed by atoms with Crippen LogP contribution in [0.3, 0.4) is 0 Å². The molecule has 0 spiro atoms. The van der Waals surface area contributed by atoms with Gasteiger partial charge in [0.05, 0.1) is 17.1 Å². The number of benzene rings is 1. The summed E-state index contributed by atoms with van der Waals surface area (Å²) in [4.78, 5) is 11.9. The zero-order chi connectivity index (χ0) is 14.7. The standard InChI is InChI=1S/C13H20N2O3S/c1-13(2,3)14-9-12(16)15-10-7-5-6-8-11(10)19(4,17)18/h5-8,14H,9H2,1-4H3,(H,15,16). The summed E-state index contributed by atoms with van der Waals surface area (Å²) in [5.41, 5.74) is 0.138. The van der Waals surface area contributed by atoms with Gasteiger partial charge < -0.3 is 10.6 Å². The molecular formula is C13H20N2O3S. The normalized spacial score (nSPS) is 12.2. The monoisotopic (exact) mass is 284 g/mol. The highest BCUT2D eigenvalue weighted by Gasteiger charge is 2.16. The Hall–Kier alpha value is -1.40. The van der Waals surface area contributed by atoms with Gasteiger partial charge in [0, 0.05) is 11.8 Å². The molecule has 0 fully saturated rings. The van der Waals surface area contributed by atoms with Gasteiger partial charge in [0.1, 0.15) is 0 Å². The third-order valence-electron chi connectivity index (χ3n) is 2.34. The maximum absolute atomic E-state index is 11.8. The van der Waals surface area contributed by atoms with E-state index in [9.17, 15) is 13.2 Å². The molecule has 0 aliphatic rings. The second-order valence-corrected chi connectivity index (χ2v) is 7.40. The SMILES string of the molecule is CC(C)(C)NCC(=O)Nc1ccccc1S(C)(=O)=O. The first-order chi connectivity index (χ1) is 8.59. The summed E-state index contributed by atoms with van der Waals surface area (Å²) in [5.74, 6) is -0.272. The minimum absolute atomic E-state index is 0.124. The zero-order valence-electron chi connectivity index (χ0n) is 11.6. The number of para-hydroxylation sites is 1. The van der Waals surface area contributed by atoms with E-state index in [1.165, 1.54) is 6.07 Å². The molecule has 1 aromatic rings. The van der Waals surface area contributed by atoms with Gasteiger partial charge in [0.15, 0.2) is 9.84 Å². The number of sulfone groups is 1. The number of carbonyl (C=O) groups excluding carboxylic acids is 1. The Labute approximate surface area is 114 Å². The van der Waals surface area contributed by atoms with E-state index >= 15 is 0 Å². The molecule has 0 saturated heterocycles. The minimum atomic E-state index is -3.36. The van der Waals surface area contributed by atoms with Crippen molar-refractivity contribution in [1.29, 1.82) is 0 Å². The van der Waals surface area contributed by atoms with Crippen molar-refractivity contribution in [3.63, 3.8) is 0 Å². The molecule has 2 N–H and O–H groups in total. The van der Waals surface area contributed by atoms with E-state index in [4.69, 9.17) is 0 Å². The minimum Gasteiger partial charge on any atom is -0.324 e. The quantitative estimate of drug-likeness (QED) is 0.876. The molecule has 1 amide bonds. The van der Waals surface area contributed by atoms with Crippen molar-refractivity contribution in [3.8, 4) is 0 Å². The van der Waals surface area contributed by atoms with E-state index in [2.05, 4.69) is 10.6 Å². The molecule has 0 saturated carbocycles. The Morgan fingerprint density at radius 1 is 1.21 bits per heavy atom. The maximum atomic E-state index is 11.8. The Morgan fingerprint density at radius 3 is 2.32 bits per heavy atom. The van der Waals surface area contributed by atoms with Crippen molar-refractivity contribution >= 4 is 21.4 Å². The number of nitrogens with one attached hydrogen (secondary N) is 2. The molecular weight excluding hydrogens is 264 g/mol. The summed E-state index contributed by atoms with van der Waals surface area (Å²) in [6, 6.07) is 6.36. The summed E-state index contributed by atoms with van der Waals surface area (Å²) in [7, 11) is -3.36. The lowest BCUT2D eigenvalue weighted by Gasteiger charge is -2.20. The van der Waals surface area contributed by atoms with E-state index in [-0.39, 0.29) is 22.9 Å². The zero-order valence-corrected chi connectivity index (χ0v) is 12.5. The van der Waals surface area contributed by atoms with Crippen molar-refractivity contribution < 1.29 is 13.2 Å². The Bertz CT molecular complexity index is 559. The lowest BCUT2D eigenvalue weighted by atomic mass is 10.1. The summed E-state index contributed by atoms with van der Waals surface area (Å²) in [5, 5.41) is 5.65. The molecule has 0 radical (unpaired) electrons. The predicted molar refractivity (Wildman–Crippen MR) is 75.9 cm³/mol. The fourth-order valence-electron chi connectivity index (χ4n) is 1.43. The number of carbonyl (C=O) groups is 1. The van der Waals surface area contributed by atoms with Crippen molar-refractivity contribution in [2.45, 2.75) is 31.2 Å². The van der Waals surface area contributed by atoms with Crippen LogP contribution in [0.1, 0.15) is 20.8 Å². The van der Waals surface area contributed by atoms with Gasteiger partial charge in [-0.3, -0.25) is 4.79 Å². The van der Waals surface area contributed by atoms with Crippen LogP contribution >= 0.6 is 0 Å². The lowest BCUT2D eigenvalue weighted by Crippen LogP contribution is -2.41. The molecule has 19 heavy (non-hydrogen) atoms. The van der Waals surface area contributed by atoms with Gasteiger partial charge in [0.2, 0.25) is 5.91 Å². The second kappa shape index (κ2) is 5.71. The summed E-state index contributed by atoms with van der Waals surface area (Å²) < 4.78 is 23.2. The van der Waals surface area contributed by atoms with Crippen molar-refractivity contribution in [1.82, 2.24) is 5.32 Å². The van der Waals surface area contributed by atoms with E-state index in [0.29, 0.717) is 5.69 Å². The Balaban J connectivity index is 2.81. The maximum Gasteiger partial charge on any atom is 0.238 e. The molecule has 6 heteroatoms. The highest BCUT2D eigenvalue weighted by molar-refractivity contribution is 7.90. The predicted octanol–water partition coefficient (Wildman–Crippen LogP) is 1.42. The van der Waals surface area contributed by atoms with Gasteiger partial charge in [0.25, 0.3) is 0 Å². The summed E-state index contributed by atoms with van der Waals surface area (Å²) in [6.07, 6.45) is 1.12. The largest absolute Gasteiger partial charge is 0.324 e. The van der Waals surface area contributed by atoms with Crippen LogP contribution in [0.25, 0.3) is 0 Å². The number of anilines is 1. The Morgan fingerprint density at radius 2 is 1.79 bits per heavy atom. The molecule has 0 aliphatic carbocycles. The molecule has 0 aliphatic heterocycles. The third kappa shape index (κ3) is 5.40. The van der Waals surface area contributed by atoms with Crippen LogP contribution in [0.15, 0.2) is 29.2 Å². The Kier molecular flexibility index (Phi) is 4.70. The van der Waals surface area contributed by atoms with Crippen molar-refractivity contribution in [2.24, 2.45) is 0 Å². The topological polar surface area (TPSA) is 75.3 Å². The fraction of sp³-hybridized carbons (Fsp3) is 0.462. The van der Waals surface area contributed by atoms with Gasteiger partial charge in [-0.1, -0.05) is 12.1 Å². The van der Waals surface area contributed by atoms with Crippen LogP contribution < -0.4 is 10.6 Å². The van der Waals surface area contributed by atoms with E-state index in [1.54, 1.807) is 18.2 Å². The van der Waals surface area contributed by atoms with Gasteiger partial charge in [-0.05, 0) is 32.9 Å². The molecule has 1 rings (SSSR count). The molecule has 0 heterocycles. The van der Waals surface area contributed by atoms with Crippen LogP contribution in [0.5, 0.6) is 0 Å². The first-order valence-corrected chi connectivity index (χ1v) is 7.83. The molecule has 0 unspecified atom stereocenters. The van der Waals surface area contributed by atoms with Crippen molar-refractivity contribution in [2.75, 3.05) is 18.1 Å². The highest BCUT2D eigenvalue weighted by Crippen LogP contribution is 2.20. The average molecular weight is 284 g/mol. The molecule has 1 aromatic carbocycles. The molecule has 0 aromatic heterocycles. The van der Waals surface area contributed by atoms with Gasteiger partial charge >= 0.3 is 0 Å².